The Hall–Kier alpha value is -1.61. The number of aryl methyl sites for hydroxylation is 1. The molecule has 0 saturated carbocycles. The molecular formula is C23H26N4OS3. The van der Waals surface area contributed by atoms with Crippen LogP contribution in [0.3, 0.4) is 0 Å². The van der Waals surface area contributed by atoms with E-state index in [9.17, 15) is 0 Å². The normalized spacial score (nSPS) is 15.6. The lowest BCUT2D eigenvalue weighted by Crippen LogP contribution is -2.31. The Morgan fingerprint density at radius 1 is 1.10 bits per heavy atom. The van der Waals surface area contributed by atoms with E-state index in [0.717, 1.165) is 51.6 Å². The molecule has 1 aliphatic rings. The molecule has 162 valence electrons. The van der Waals surface area contributed by atoms with Crippen LogP contribution in [0.2, 0.25) is 0 Å². The van der Waals surface area contributed by atoms with Crippen LogP contribution in [0, 0.1) is 0 Å². The summed E-state index contributed by atoms with van der Waals surface area (Å²) < 4.78 is 8.25. The maximum Gasteiger partial charge on any atom is 0.197 e. The van der Waals surface area contributed by atoms with E-state index in [1.54, 1.807) is 34.9 Å². The van der Waals surface area contributed by atoms with Gasteiger partial charge in [0.1, 0.15) is 4.83 Å². The monoisotopic (exact) mass is 470 g/mol. The number of rotatable bonds is 7. The summed E-state index contributed by atoms with van der Waals surface area (Å²) in [5, 5.41) is 12.4. The zero-order valence-corrected chi connectivity index (χ0v) is 20.5. The molecule has 0 saturated heterocycles. The molecule has 0 fully saturated rings. The zero-order chi connectivity index (χ0) is 21.4. The third-order valence-electron chi connectivity index (χ3n) is 5.41. The standard InChI is InChI=1S/C23H26N4OS3/c1-4-11-29-21-24-20-18(16-13-23(2,3)28-14-17(16)31-20)19-25-26-22(27(19)21)30-12-10-15-8-6-5-7-9-15/h5-9H,4,10-14H2,1-3H3. The highest BCUT2D eigenvalue weighted by atomic mass is 32.2. The van der Waals surface area contributed by atoms with Crippen LogP contribution in [0.25, 0.3) is 15.9 Å². The van der Waals surface area contributed by atoms with Crippen molar-refractivity contribution >= 4 is 50.7 Å². The maximum atomic E-state index is 6.06. The summed E-state index contributed by atoms with van der Waals surface area (Å²) in [5.41, 5.74) is 3.47. The van der Waals surface area contributed by atoms with E-state index in [1.165, 1.54) is 21.4 Å². The maximum absolute atomic E-state index is 6.06. The van der Waals surface area contributed by atoms with Gasteiger partial charge in [0.05, 0.1) is 17.6 Å². The molecule has 0 N–H and O–H groups in total. The van der Waals surface area contributed by atoms with Crippen molar-refractivity contribution in [3.05, 3.63) is 46.3 Å². The first-order valence-corrected chi connectivity index (χ1v) is 13.5. The van der Waals surface area contributed by atoms with Gasteiger partial charge >= 0.3 is 0 Å². The second kappa shape index (κ2) is 8.73. The second-order valence-electron chi connectivity index (χ2n) is 8.38. The van der Waals surface area contributed by atoms with Gasteiger partial charge in [-0.2, -0.15) is 0 Å². The number of hydrogen-bond donors (Lipinski definition) is 0. The van der Waals surface area contributed by atoms with Crippen LogP contribution in [0.15, 0.2) is 40.6 Å². The number of thiophene rings is 1. The van der Waals surface area contributed by atoms with Crippen molar-refractivity contribution in [2.75, 3.05) is 11.5 Å². The topological polar surface area (TPSA) is 52.3 Å². The average Bonchev–Trinajstić information content (AvgIpc) is 3.33. The molecule has 1 aliphatic heterocycles. The molecule has 0 atom stereocenters. The molecular weight excluding hydrogens is 444 g/mol. The zero-order valence-electron chi connectivity index (χ0n) is 18.1. The lowest BCUT2D eigenvalue weighted by atomic mass is 9.94. The van der Waals surface area contributed by atoms with Gasteiger partial charge in [-0.05, 0) is 37.8 Å². The summed E-state index contributed by atoms with van der Waals surface area (Å²) in [6.07, 6.45) is 2.99. The lowest BCUT2D eigenvalue weighted by molar-refractivity contribution is -0.0379. The van der Waals surface area contributed by atoms with Crippen molar-refractivity contribution in [2.24, 2.45) is 0 Å². The summed E-state index contributed by atoms with van der Waals surface area (Å²) in [7, 11) is 0. The van der Waals surface area contributed by atoms with Crippen molar-refractivity contribution in [2.45, 2.75) is 62.6 Å². The van der Waals surface area contributed by atoms with E-state index >= 15 is 0 Å². The van der Waals surface area contributed by atoms with Crippen LogP contribution in [0.4, 0.5) is 0 Å². The van der Waals surface area contributed by atoms with Crippen molar-refractivity contribution < 1.29 is 4.74 Å². The second-order valence-corrected chi connectivity index (χ2v) is 11.6. The summed E-state index contributed by atoms with van der Waals surface area (Å²) in [6.45, 7) is 7.17. The lowest BCUT2D eigenvalue weighted by Gasteiger charge is -2.30. The molecule has 5 rings (SSSR count). The molecule has 5 nitrogen and oxygen atoms in total. The molecule has 31 heavy (non-hydrogen) atoms. The van der Waals surface area contributed by atoms with Gasteiger partial charge in [-0.3, -0.25) is 0 Å². The van der Waals surface area contributed by atoms with Gasteiger partial charge in [0.25, 0.3) is 0 Å². The molecule has 3 aromatic heterocycles. The van der Waals surface area contributed by atoms with Crippen molar-refractivity contribution in [3.8, 4) is 0 Å². The number of thioether (sulfide) groups is 2. The molecule has 0 aliphatic carbocycles. The van der Waals surface area contributed by atoms with E-state index in [0.29, 0.717) is 6.61 Å². The highest BCUT2D eigenvalue weighted by Crippen LogP contribution is 2.41. The van der Waals surface area contributed by atoms with E-state index < -0.39 is 0 Å². The van der Waals surface area contributed by atoms with E-state index in [1.807, 2.05) is 0 Å². The Labute approximate surface area is 195 Å². The number of aromatic nitrogens is 4. The molecule has 4 aromatic rings. The van der Waals surface area contributed by atoms with Crippen LogP contribution in [-0.4, -0.2) is 36.7 Å². The fourth-order valence-electron chi connectivity index (χ4n) is 3.88. The summed E-state index contributed by atoms with van der Waals surface area (Å²) in [4.78, 5) is 7.43. The highest BCUT2D eigenvalue weighted by Gasteiger charge is 2.31. The number of fused-ring (bicyclic) bond motifs is 5. The molecule has 0 bridgehead atoms. The van der Waals surface area contributed by atoms with Gasteiger partial charge < -0.3 is 4.74 Å². The number of nitrogens with zero attached hydrogens (tertiary/aromatic N) is 4. The van der Waals surface area contributed by atoms with E-state index in [2.05, 4.69) is 65.7 Å². The van der Waals surface area contributed by atoms with Gasteiger partial charge in [0.2, 0.25) is 0 Å². The van der Waals surface area contributed by atoms with Crippen molar-refractivity contribution in [1.82, 2.24) is 19.6 Å². The molecule has 0 spiro atoms. The summed E-state index contributed by atoms with van der Waals surface area (Å²) in [5.74, 6) is 1.99. The van der Waals surface area contributed by atoms with Crippen molar-refractivity contribution in [1.29, 1.82) is 0 Å². The molecule has 0 amide bonds. The SMILES string of the molecule is CCCSc1nc2sc3c(c2c2nnc(SCCc4ccccc4)n12)CC(C)(C)OC3. The van der Waals surface area contributed by atoms with Gasteiger partial charge in [-0.1, -0.05) is 60.8 Å². The minimum atomic E-state index is -0.166. The van der Waals surface area contributed by atoms with E-state index in [4.69, 9.17) is 9.72 Å². The Kier molecular flexibility index (Phi) is 5.98. The minimum Gasteiger partial charge on any atom is -0.370 e. The third kappa shape index (κ3) is 4.23. The molecule has 0 radical (unpaired) electrons. The summed E-state index contributed by atoms with van der Waals surface area (Å²) >= 11 is 5.31. The van der Waals surface area contributed by atoms with Gasteiger partial charge in [-0.25, -0.2) is 9.38 Å². The quantitative estimate of drug-likeness (QED) is 0.243. The average molecular weight is 471 g/mol. The number of benzene rings is 1. The Bertz CT molecular complexity index is 1220. The Morgan fingerprint density at radius 3 is 2.71 bits per heavy atom. The molecule has 8 heteroatoms. The first-order valence-electron chi connectivity index (χ1n) is 10.7. The van der Waals surface area contributed by atoms with Crippen LogP contribution in [0.5, 0.6) is 0 Å². The largest absolute Gasteiger partial charge is 0.370 e. The van der Waals surface area contributed by atoms with Gasteiger partial charge in [0.15, 0.2) is 16.0 Å². The number of hydrogen-bond acceptors (Lipinski definition) is 7. The third-order valence-corrected chi connectivity index (χ3v) is 8.59. The van der Waals surface area contributed by atoms with Crippen LogP contribution in [-0.2, 0) is 24.2 Å². The first-order chi connectivity index (χ1) is 15.1. The molecule has 4 heterocycles. The molecule has 1 aromatic carbocycles. The first kappa shape index (κ1) is 21.2. The predicted octanol–water partition coefficient (Wildman–Crippen LogP) is 6.03. The fraction of sp³-hybridized carbons (Fsp3) is 0.435. The van der Waals surface area contributed by atoms with Crippen LogP contribution >= 0.6 is 34.9 Å². The molecule has 0 unspecified atom stereocenters. The summed E-state index contributed by atoms with van der Waals surface area (Å²) in [6, 6.07) is 10.6. The van der Waals surface area contributed by atoms with E-state index in [-0.39, 0.29) is 5.60 Å². The van der Waals surface area contributed by atoms with Gasteiger partial charge in [0, 0.05) is 22.8 Å². The Morgan fingerprint density at radius 2 is 1.90 bits per heavy atom. The van der Waals surface area contributed by atoms with Crippen LogP contribution in [0.1, 0.15) is 43.2 Å². The predicted molar refractivity (Wildman–Crippen MR) is 131 cm³/mol. The smallest absolute Gasteiger partial charge is 0.197 e. The number of ether oxygens (including phenoxy) is 1. The fourth-order valence-corrected chi connectivity index (χ4v) is 6.86. The van der Waals surface area contributed by atoms with Crippen LogP contribution < -0.4 is 0 Å². The highest BCUT2D eigenvalue weighted by molar-refractivity contribution is 7.99. The Balaban J connectivity index is 1.55. The van der Waals surface area contributed by atoms with Crippen molar-refractivity contribution in [3.63, 3.8) is 0 Å². The van der Waals surface area contributed by atoms with Gasteiger partial charge in [-0.15, -0.1) is 21.5 Å². The minimum absolute atomic E-state index is 0.166.